The first-order valence-electron chi connectivity index (χ1n) is 13.2. The van der Waals surface area contributed by atoms with Gasteiger partial charge in [-0.3, -0.25) is 4.79 Å². The van der Waals surface area contributed by atoms with E-state index in [0.29, 0.717) is 37.2 Å². The maximum Gasteiger partial charge on any atom is 0.253 e. The topological polar surface area (TPSA) is 125 Å². The lowest BCUT2D eigenvalue weighted by Crippen LogP contribution is -2.54. The lowest BCUT2D eigenvalue weighted by Gasteiger charge is -2.40. The average molecular weight is 528 g/mol. The van der Waals surface area contributed by atoms with Gasteiger partial charge >= 0.3 is 0 Å². The Balaban J connectivity index is 1.27. The maximum atomic E-state index is 12.6. The second kappa shape index (κ2) is 10.6. The molecule has 3 N–H and O–H groups in total. The van der Waals surface area contributed by atoms with E-state index in [9.17, 15) is 20.1 Å². The first-order valence-corrected chi connectivity index (χ1v) is 13.2. The van der Waals surface area contributed by atoms with Crippen LogP contribution in [0.15, 0.2) is 36.5 Å². The second-order valence-corrected chi connectivity index (χ2v) is 10.9. The molecule has 1 aromatic heterocycles. The monoisotopic (exact) mass is 527 g/mol. The van der Waals surface area contributed by atoms with Gasteiger partial charge in [-0.25, -0.2) is 4.98 Å². The molecule has 1 aliphatic carbocycles. The summed E-state index contributed by atoms with van der Waals surface area (Å²) < 4.78 is 17.7. The quantitative estimate of drug-likeness (QED) is 0.422. The molecule has 5 rings (SSSR count). The van der Waals surface area contributed by atoms with Gasteiger partial charge in [-0.15, -0.1) is 0 Å². The predicted octanol–water partition coefficient (Wildman–Crippen LogP) is 1.57. The predicted molar refractivity (Wildman–Crippen MR) is 140 cm³/mol. The van der Waals surface area contributed by atoms with Crippen molar-refractivity contribution in [1.29, 1.82) is 0 Å². The van der Waals surface area contributed by atoms with Gasteiger partial charge in [-0.05, 0) is 49.6 Å². The van der Waals surface area contributed by atoms with Crippen molar-refractivity contribution in [1.82, 2.24) is 9.88 Å². The number of aliphatic hydroxyl groups excluding tert-OH is 3. The van der Waals surface area contributed by atoms with E-state index in [1.807, 2.05) is 37.3 Å². The van der Waals surface area contributed by atoms with Crippen molar-refractivity contribution in [2.24, 2.45) is 5.41 Å². The Morgan fingerprint density at radius 3 is 2.47 bits per heavy atom. The van der Waals surface area contributed by atoms with Gasteiger partial charge in [0, 0.05) is 24.4 Å². The van der Waals surface area contributed by atoms with E-state index < -0.39 is 30.1 Å². The zero-order valence-corrected chi connectivity index (χ0v) is 22.1. The van der Waals surface area contributed by atoms with E-state index in [2.05, 4.69) is 9.88 Å². The number of benzene rings is 1. The van der Waals surface area contributed by atoms with Crippen molar-refractivity contribution >= 4 is 11.7 Å². The molecule has 10 nitrogen and oxygen atoms in total. The van der Waals surface area contributed by atoms with Gasteiger partial charge in [0.15, 0.2) is 17.6 Å². The average Bonchev–Trinajstić information content (AvgIpc) is 3.64. The van der Waals surface area contributed by atoms with Gasteiger partial charge in [-0.1, -0.05) is 13.0 Å². The fraction of sp³-hybridized carbons (Fsp3) is 0.571. The Bertz CT molecular complexity index is 1130. The van der Waals surface area contributed by atoms with Crippen molar-refractivity contribution in [3.05, 3.63) is 42.1 Å². The number of anilines is 1. The van der Waals surface area contributed by atoms with Crippen molar-refractivity contribution in [3.8, 4) is 17.2 Å². The third-order valence-corrected chi connectivity index (χ3v) is 8.06. The number of methoxy groups -OCH3 is 1. The number of aliphatic hydroxyl groups is 3. The molecule has 1 saturated carbocycles. The van der Waals surface area contributed by atoms with Crippen molar-refractivity contribution in [2.75, 3.05) is 44.8 Å². The van der Waals surface area contributed by atoms with Crippen LogP contribution < -0.4 is 19.1 Å². The first-order chi connectivity index (χ1) is 18.2. The van der Waals surface area contributed by atoms with E-state index in [1.165, 1.54) is 4.90 Å². The zero-order chi connectivity index (χ0) is 27.0. The second-order valence-electron chi connectivity index (χ2n) is 10.9. The first kappa shape index (κ1) is 26.5. The minimum atomic E-state index is -1.47. The largest absolute Gasteiger partial charge is 0.493 e. The van der Waals surface area contributed by atoms with Crippen LogP contribution in [0.4, 0.5) is 5.82 Å². The molecule has 3 heterocycles. The molecule has 2 aromatic rings. The highest BCUT2D eigenvalue weighted by atomic mass is 16.5. The van der Waals surface area contributed by atoms with Crippen LogP contribution in [0.25, 0.3) is 0 Å². The number of hydrogen-bond acceptors (Lipinski definition) is 9. The molecule has 38 heavy (non-hydrogen) atoms. The van der Waals surface area contributed by atoms with E-state index in [4.69, 9.17) is 14.2 Å². The molecule has 1 amide bonds. The summed E-state index contributed by atoms with van der Waals surface area (Å²) in [4.78, 5) is 20.8. The van der Waals surface area contributed by atoms with Crippen LogP contribution in [-0.4, -0.2) is 95.4 Å². The summed E-state index contributed by atoms with van der Waals surface area (Å²) in [6.07, 6.45) is 2.10. The number of pyridine rings is 1. The molecule has 206 valence electrons. The smallest absolute Gasteiger partial charge is 0.253 e. The molecule has 10 heteroatoms. The van der Waals surface area contributed by atoms with Crippen LogP contribution in [0.3, 0.4) is 0 Å². The summed E-state index contributed by atoms with van der Waals surface area (Å²) in [6, 6.07) is 9.61. The molecule has 0 bridgehead atoms. The number of aromatic nitrogens is 1. The molecule has 1 aromatic carbocycles. The number of nitrogens with zero attached hydrogens (tertiary/aromatic N) is 3. The highest BCUT2D eigenvalue weighted by Crippen LogP contribution is 2.47. The fourth-order valence-corrected chi connectivity index (χ4v) is 5.27. The van der Waals surface area contributed by atoms with E-state index in [1.54, 1.807) is 20.2 Å². The number of hydrogen-bond donors (Lipinski definition) is 3. The van der Waals surface area contributed by atoms with Crippen LogP contribution >= 0.6 is 0 Å². The van der Waals surface area contributed by atoms with Crippen LogP contribution in [0, 0.1) is 5.41 Å². The number of amides is 1. The van der Waals surface area contributed by atoms with E-state index >= 15 is 0 Å². The summed E-state index contributed by atoms with van der Waals surface area (Å²) in [5.74, 6) is 2.14. The molecule has 3 fully saturated rings. The highest BCUT2D eigenvalue weighted by Gasteiger charge is 2.49. The van der Waals surface area contributed by atoms with Crippen molar-refractivity contribution < 1.29 is 34.3 Å². The molecule has 0 spiro atoms. The Morgan fingerprint density at radius 1 is 1.11 bits per heavy atom. The molecule has 3 aliphatic rings. The Hall–Kier alpha value is -3.08. The van der Waals surface area contributed by atoms with Gasteiger partial charge in [0.1, 0.15) is 17.7 Å². The molecule has 1 unspecified atom stereocenters. The van der Waals surface area contributed by atoms with Gasteiger partial charge in [0.2, 0.25) is 0 Å². The third-order valence-electron chi connectivity index (χ3n) is 8.06. The summed E-state index contributed by atoms with van der Waals surface area (Å²) in [5, 5.41) is 29.8. The summed E-state index contributed by atoms with van der Waals surface area (Å²) in [7, 11) is 1.59. The van der Waals surface area contributed by atoms with Crippen LogP contribution in [0.2, 0.25) is 0 Å². The molecular weight excluding hydrogens is 490 g/mol. The highest BCUT2D eigenvalue weighted by molar-refractivity contribution is 5.81. The number of rotatable bonds is 10. The van der Waals surface area contributed by atoms with Gasteiger partial charge in [0.05, 0.1) is 45.2 Å². The maximum absolute atomic E-state index is 12.6. The number of carbonyl (C=O) groups is 1. The van der Waals surface area contributed by atoms with E-state index in [-0.39, 0.29) is 18.6 Å². The SMILES string of the molecule is COc1ccc([C@@H]2CN(C(=O)C(O)CO)C[C@@]2(C)[C@@H](C)O)cc1OC1CN(c2ccc(OC3CC3)cn2)C1. The minimum absolute atomic E-state index is 0.0483. The third kappa shape index (κ3) is 5.25. The Labute approximate surface area is 222 Å². The molecule has 2 aliphatic heterocycles. The summed E-state index contributed by atoms with van der Waals surface area (Å²) in [6.45, 7) is 4.95. The van der Waals surface area contributed by atoms with Crippen molar-refractivity contribution in [3.63, 3.8) is 0 Å². The fourth-order valence-electron chi connectivity index (χ4n) is 5.27. The number of likely N-dealkylation sites (tertiary alicyclic amines) is 1. The molecule has 4 atom stereocenters. The van der Waals surface area contributed by atoms with Crippen molar-refractivity contribution in [2.45, 2.75) is 57.0 Å². The molecule has 2 saturated heterocycles. The molecular formula is C28H37N3O7. The lowest BCUT2D eigenvalue weighted by atomic mass is 9.72. The van der Waals surface area contributed by atoms with Gasteiger partial charge < -0.3 is 39.3 Å². The van der Waals surface area contributed by atoms with Crippen LogP contribution in [0.5, 0.6) is 17.2 Å². The van der Waals surface area contributed by atoms with Gasteiger partial charge in [0.25, 0.3) is 5.91 Å². The molecule has 0 radical (unpaired) electrons. The standard InChI is InChI=1S/C28H37N3O7/c1-17(33)28(2)16-31(27(35)23(34)15-32)14-22(28)18-4-8-24(36-3)25(10-18)38-21-12-30(13-21)26-9-7-20(11-29-26)37-19-5-6-19/h4,7-11,17,19,21-23,32-34H,5-6,12-16H2,1-3H3/t17-,22+,23?,28+/m1/s1. The Kier molecular flexibility index (Phi) is 7.39. The van der Waals surface area contributed by atoms with Crippen LogP contribution in [0.1, 0.15) is 38.2 Å². The minimum Gasteiger partial charge on any atom is -0.493 e. The summed E-state index contributed by atoms with van der Waals surface area (Å²) >= 11 is 0. The summed E-state index contributed by atoms with van der Waals surface area (Å²) in [5.41, 5.74) is 0.257. The number of carbonyl (C=O) groups excluding carboxylic acids is 1. The van der Waals surface area contributed by atoms with E-state index in [0.717, 1.165) is 30.0 Å². The lowest BCUT2D eigenvalue weighted by molar-refractivity contribution is -0.141. The normalized spacial score (nSPS) is 25.1. The zero-order valence-electron chi connectivity index (χ0n) is 22.1. The Morgan fingerprint density at radius 2 is 1.87 bits per heavy atom. The van der Waals surface area contributed by atoms with Crippen LogP contribution in [-0.2, 0) is 4.79 Å². The number of ether oxygens (including phenoxy) is 3. The van der Waals surface area contributed by atoms with Gasteiger partial charge in [-0.2, -0.15) is 0 Å².